The van der Waals surface area contributed by atoms with Gasteiger partial charge in [0.1, 0.15) is 23.3 Å². The van der Waals surface area contributed by atoms with Gasteiger partial charge in [0.15, 0.2) is 11.0 Å². The standard InChI is InChI=1S/C23H21F2N5S/c1-29-10-12-30(13-11-29)22-20(14-26)21(17-4-8-19(25)9-5-17)27-23(28-22)31-15-16-2-6-18(24)7-3-16/h2-9H,10-13,15H2,1H3. The lowest BCUT2D eigenvalue weighted by atomic mass is 10.1. The quantitative estimate of drug-likeness (QED) is 0.437. The first-order valence-corrected chi connectivity index (χ1v) is 10.9. The number of piperazine rings is 1. The van der Waals surface area contributed by atoms with Gasteiger partial charge in [-0.05, 0) is 49.0 Å². The minimum atomic E-state index is -0.346. The van der Waals surface area contributed by atoms with Gasteiger partial charge in [0.2, 0.25) is 0 Å². The molecule has 0 saturated carbocycles. The molecule has 8 heteroatoms. The number of hydrogen-bond acceptors (Lipinski definition) is 6. The summed E-state index contributed by atoms with van der Waals surface area (Å²) in [7, 11) is 2.07. The van der Waals surface area contributed by atoms with Gasteiger partial charge in [-0.25, -0.2) is 18.7 Å². The molecule has 0 aliphatic carbocycles. The van der Waals surface area contributed by atoms with Crippen molar-refractivity contribution in [2.45, 2.75) is 10.9 Å². The van der Waals surface area contributed by atoms with Crippen molar-refractivity contribution in [3.05, 3.63) is 71.3 Å². The summed E-state index contributed by atoms with van der Waals surface area (Å²) in [5.41, 5.74) is 2.50. The van der Waals surface area contributed by atoms with Crippen molar-refractivity contribution in [1.82, 2.24) is 14.9 Å². The normalized spacial score (nSPS) is 14.5. The molecule has 31 heavy (non-hydrogen) atoms. The summed E-state index contributed by atoms with van der Waals surface area (Å²) in [6.45, 7) is 3.26. The molecule has 2 aromatic carbocycles. The Labute approximate surface area is 184 Å². The van der Waals surface area contributed by atoms with Gasteiger partial charge in [-0.3, -0.25) is 0 Å². The Bertz CT molecular complexity index is 1090. The lowest BCUT2D eigenvalue weighted by Crippen LogP contribution is -2.45. The highest BCUT2D eigenvalue weighted by Crippen LogP contribution is 2.32. The first-order chi connectivity index (χ1) is 15.0. The zero-order valence-corrected chi connectivity index (χ0v) is 17.9. The SMILES string of the molecule is CN1CCN(c2nc(SCc3ccc(F)cc3)nc(-c3ccc(F)cc3)c2C#N)CC1. The average molecular weight is 438 g/mol. The van der Waals surface area contributed by atoms with E-state index in [0.29, 0.717) is 33.5 Å². The second-order valence-corrected chi connectivity index (χ2v) is 8.32. The number of nitriles is 1. The van der Waals surface area contributed by atoms with E-state index < -0.39 is 0 Å². The Morgan fingerprint density at radius 3 is 2.16 bits per heavy atom. The van der Waals surface area contributed by atoms with Crippen molar-refractivity contribution in [3.63, 3.8) is 0 Å². The lowest BCUT2D eigenvalue weighted by molar-refractivity contribution is 0.311. The van der Waals surface area contributed by atoms with Gasteiger partial charge in [-0.1, -0.05) is 23.9 Å². The molecule has 1 aliphatic heterocycles. The van der Waals surface area contributed by atoms with Crippen LogP contribution in [-0.2, 0) is 5.75 Å². The topological polar surface area (TPSA) is 56.1 Å². The number of benzene rings is 2. The Morgan fingerprint density at radius 1 is 0.935 bits per heavy atom. The van der Waals surface area contributed by atoms with Crippen molar-refractivity contribution < 1.29 is 8.78 Å². The molecule has 1 aromatic heterocycles. The Hall–Kier alpha value is -3.02. The average Bonchev–Trinajstić information content (AvgIpc) is 2.79. The minimum absolute atomic E-state index is 0.278. The molecule has 0 amide bonds. The molecule has 0 bridgehead atoms. The van der Waals surface area contributed by atoms with E-state index in [1.54, 1.807) is 24.3 Å². The molecule has 0 unspecified atom stereocenters. The number of aromatic nitrogens is 2. The number of anilines is 1. The second-order valence-electron chi connectivity index (χ2n) is 7.38. The van der Waals surface area contributed by atoms with Crippen LogP contribution < -0.4 is 4.90 Å². The molecule has 0 spiro atoms. The summed E-state index contributed by atoms with van der Waals surface area (Å²) in [4.78, 5) is 13.7. The molecular weight excluding hydrogens is 416 g/mol. The third kappa shape index (κ3) is 5.01. The highest BCUT2D eigenvalue weighted by atomic mass is 32.2. The van der Waals surface area contributed by atoms with E-state index in [1.165, 1.54) is 36.0 Å². The van der Waals surface area contributed by atoms with Crippen LogP contribution in [0.1, 0.15) is 11.1 Å². The van der Waals surface area contributed by atoms with Crippen molar-refractivity contribution in [1.29, 1.82) is 5.26 Å². The monoisotopic (exact) mass is 437 g/mol. The summed E-state index contributed by atoms with van der Waals surface area (Å²) in [5.74, 6) is 0.546. The van der Waals surface area contributed by atoms with E-state index >= 15 is 0 Å². The predicted molar refractivity (Wildman–Crippen MR) is 118 cm³/mol. The molecule has 0 radical (unpaired) electrons. The second kappa shape index (κ2) is 9.41. The molecule has 5 nitrogen and oxygen atoms in total. The summed E-state index contributed by atoms with van der Waals surface area (Å²) in [5, 5.41) is 10.5. The molecule has 1 fully saturated rings. The van der Waals surface area contributed by atoms with Crippen LogP contribution in [0.5, 0.6) is 0 Å². The summed E-state index contributed by atoms with van der Waals surface area (Å²) in [6.07, 6.45) is 0. The predicted octanol–water partition coefficient (Wildman–Crippen LogP) is 4.34. The van der Waals surface area contributed by atoms with Gasteiger partial charge < -0.3 is 9.80 Å². The first kappa shape index (κ1) is 21.2. The summed E-state index contributed by atoms with van der Waals surface area (Å²) in [6, 6.07) is 14.6. The van der Waals surface area contributed by atoms with Crippen LogP contribution in [0.2, 0.25) is 0 Å². The molecule has 1 aliphatic rings. The fourth-order valence-electron chi connectivity index (χ4n) is 3.39. The van der Waals surface area contributed by atoms with Gasteiger partial charge in [-0.2, -0.15) is 5.26 Å². The zero-order valence-electron chi connectivity index (χ0n) is 17.1. The molecule has 3 aromatic rings. The molecule has 1 saturated heterocycles. The van der Waals surface area contributed by atoms with Gasteiger partial charge in [0.05, 0.1) is 5.69 Å². The maximum absolute atomic E-state index is 13.5. The summed E-state index contributed by atoms with van der Waals surface area (Å²) < 4.78 is 26.7. The number of nitrogens with zero attached hydrogens (tertiary/aromatic N) is 5. The number of hydrogen-bond donors (Lipinski definition) is 0. The van der Waals surface area contributed by atoms with Crippen molar-refractivity contribution in [2.24, 2.45) is 0 Å². The van der Waals surface area contributed by atoms with E-state index in [9.17, 15) is 14.0 Å². The van der Waals surface area contributed by atoms with Crippen LogP contribution in [0.15, 0.2) is 53.7 Å². The van der Waals surface area contributed by atoms with Gasteiger partial charge in [-0.15, -0.1) is 0 Å². The molecule has 2 heterocycles. The molecule has 158 valence electrons. The number of thioether (sulfide) groups is 1. The maximum atomic E-state index is 13.5. The van der Waals surface area contributed by atoms with Crippen molar-refractivity contribution >= 4 is 17.6 Å². The van der Waals surface area contributed by atoms with Crippen LogP contribution in [0.3, 0.4) is 0 Å². The molecule has 0 atom stereocenters. The number of rotatable bonds is 5. The Kier molecular flexibility index (Phi) is 6.44. The molecular formula is C23H21F2N5S. The van der Waals surface area contributed by atoms with Crippen LogP contribution in [0, 0.1) is 23.0 Å². The number of likely N-dealkylation sites (N-methyl/N-ethyl adjacent to an activating group) is 1. The third-order valence-corrected chi connectivity index (χ3v) is 6.10. The van der Waals surface area contributed by atoms with Gasteiger partial charge in [0.25, 0.3) is 0 Å². The van der Waals surface area contributed by atoms with E-state index in [2.05, 4.69) is 27.9 Å². The maximum Gasteiger partial charge on any atom is 0.190 e. The van der Waals surface area contributed by atoms with Crippen molar-refractivity contribution in [2.75, 3.05) is 38.1 Å². The Morgan fingerprint density at radius 2 is 1.55 bits per heavy atom. The van der Waals surface area contributed by atoms with Crippen LogP contribution in [-0.4, -0.2) is 48.1 Å². The number of halogens is 2. The van der Waals surface area contributed by atoms with E-state index in [0.717, 1.165) is 31.7 Å². The van der Waals surface area contributed by atoms with E-state index in [-0.39, 0.29) is 11.6 Å². The van der Waals surface area contributed by atoms with Crippen LogP contribution in [0.4, 0.5) is 14.6 Å². The zero-order chi connectivity index (χ0) is 21.8. The third-order valence-electron chi connectivity index (χ3n) is 5.18. The minimum Gasteiger partial charge on any atom is -0.353 e. The first-order valence-electron chi connectivity index (χ1n) is 9.92. The smallest absolute Gasteiger partial charge is 0.190 e. The molecule has 0 N–H and O–H groups in total. The fourth-order valence-corrected chi connectivity index (χ4v) is 4.18. The fraction of sp³-hybridized carbons (Fsp3) is 0.261. The van der Waals surface area contributed by atoms with Crippen LogP contribution >= 0.6 is 11.8 Å². The Balaban J connectivity index is 1.72. The van der Waals surface area contributed by atoms with Gasteiger partial charge in [0, 0.05) is 37.5 Å². The largest absolute Gasteiger partial charge is 0.353 e. The highest BCUT2D eigenvalue weighted by Gasteiger charge is 2.23. The van der Waals surface area contributed by atoms with E-state index in [4.69, 9.17) is 4.98 Å². The highest BCUT2D eigenvalue weighted by molar-refractivity contribution is 7.98. The van der Waals surface area contributed by atoms with E-state index in [1.807, 2.05) is 0 Å². The lowest BCUT2D eigenvalue weighted by Gasteiger charge is -2.34. The van der Waals surface area contributed by atoms with Gasteiger partial charge >= 0.3 is 0 Å². The van der Waals surface area contributed by atoms with Crippen molar-refractivity contribution in [3.8, 4) is 17.3 Å². The van der Waals surface area contributed by atoms with Crippen LogP contribution in [0.25, 0.3) is 11.3 Å². The molecule has 4 rings (SSSR count). The summed E-state index contributed by atoms with van der Waals surface area (Å²) >= 11 is 1.42.